The molecule has 0 saturated heterocycles. The molecule has 3 aromatic carbocycles. The van der Waals surface area contributed by atoms with E-state index in [9.17, 15) is 0 Å². The van der Waals surface area contributed by atoms with Crippen LogP contribution in [0.25, 0.3) is 21.9 Å². The van der Waals surface area contributed by atoms with Crippen molar-refractivity contribution in [2.24, 2.45) is 4.99 Å². The Morgan fingerprint density at radius 1 is 0.920 bits per heavy atom. The molecule has 3 nitrogen and oxygen atoms in total. The van der Waals surface area contributed by atoms with Crippen molar-refractivity contribution in [1.82, 2.24) is 10.2 Å². The van der Waals surface area contributed by atoms with Crippen molar-refractivity contribution in [3.63, 3.8) is 0 Å². The Kier molecular flexibility index (Phi) is 4.38. The largest absolute Gasteiger partial charge is 0.352 e. The second-order valence-electron chi connectivity index (χ2n) is 6.40. The molecule has 0 amide bonds. The number of rotatable bonds is 4. The number of likely N-dealkylation sites (N-methyl/N-ethyl adjacent to an activating group) is 1. The summed E-state index contributed by atoms with van der Waals surface area (Å²) < 4.78 is 0. The van der Waals surface area contributed by atoms with E-state index in [0.717, 1.165) is 32.1 Å². The number of fused-ring (bicyclic) bond motifs is 1. The molecule has 0 atom stereocenters. The van der Waals surface area contributed by atoms with E-state index in [1.54, 1.807) is 0 Å². The lowest BCUT2D eigenvalue weighted by atomic mass is 10.0. The number of guanidine groups is 1. The summed E-state index contributed by atoms with van der Waals surface area (Å²) in [4.78, 5) is 6.81. The third-order valence-corrected chi connectivity index (χ3v) is 4.80. The standard InChI is InChI=1S/C22H23N3/c1-2-25-14-13-23-22(25)24-16-17-7-9-19(10-8-17)21-12-11-18-5-3-4-6-20(18)15-21/h3-12,15H,2,13-14,16H2,1H3,(H,23,24). The van der Waals surface area contributed by atoms with Gasteiger partial charge in [-0.05, 0) is 40.5 Å². The molecule has 0 saturated carbocycles. The summed E-state index contributed by atoms with van der Waals surface area (Å²) in [6.07, 6.45) is 0. The predicted molar refractivity (Wildman–Crippen MR) is 106 cm³/mol. The molecule has 0 spiro atoms. The van der Waals surface area contributed by atoms with Gasteiger partial charge in [-0.25, -0.2) is 0 Å². The highest BCUT2D eigenvalue weighted by molar-refractivity contribution is 5.87. The summed E-state index contributed by atoms with van der Waals surface area (Å²) in [7, 11) is 0. The van der Waals surface area contributed by atoms with E-state index >= 15 is 0 Å². The van der Waals surface area contributed by atoms with Crippen molar-refractivity contribution in [2.75, 3.05) is 19.6 Å². The summed E-state index contributed by atoms with van der Waals surface area (Å²) in [5.74, 6) is 1.03. The molecule has 0 bridgehead atoms. The lowest BCUT2D eigenvalue weighted by Crippen LogP contribution is -2.37. The third kappa shape index (κ3) is 3.36. The van der Waals surface area contributed by atoms with Crippen LogP contribution in [0, 0.1) is 0 Å². The Labute approximate surface area is 149 Å². The SMILES string of the molecule is CCN1CCN=C1NCc1ccc(-c2ccc3ccccc3c2)cc1. The zero-order valence-corrected chi connectivity index (χ0v) is 14.6. The summed E-state index contributed by atoms with van der Waals surface area (Å²) in [6.45, 7) is 5.91. The first-order chi connectivity index (χ1) is 12.3. The minimum Gasteiger partial charge on any atom is -0.352 e. The smallest absolute Gasteiger partial charge is 0.194 e. The van der Waals surface area contributed by atoms with Crippen LogP contribution in [0.15, 0.2) is 71.7 Å². The van der Waals surface area contributed by atoms with Gasteiger partial charge in [0.25, 0.3) is 0 Å². The number of aliphatic imine (C=N–C) groups is 1. The van der Waals surface area contributed by atoms with Crippen LogP contribution in [0.3, 0.4) is 0 Å². The van der Waals surface area contributed by atoms with E-state index < -0.39 is 0 Å². The molecule has 1 aliphatic heterocycles. The van der Waals surface area contributed by atoms with E-state index in [2.05, 4.69) is 88.9 Å². The van der Waals surface area contributed by atoms with Crippen molar-refractivity contribution < 1.29 is 0 Å². The van der Waals surface area contributed by atoms with Gasteiger partial charge >= 0.3 is 0 Å². The number of nitrogens with one attached hydrogen (secondary N) is 1. The molecule has 0 aliphatic carbocycles. The third-order valence-electron chi connectivity index (χ3n) is 4.80. The van der Waals surface area contributed by atoms with E-state index in [4.69, 9.17) is 0 Å². The molecular weight excluding hydrogens is 306 g/mol. The Morgan fingerprint density at radius 2 is 1.68 bits per heavy atom. The van der Waals surface area contributed by atoms with Crippen LogP contribution in [0.5, 0.6) is 0 Å². The van der Waals surface area contributed by atoms with Gasteiger partial charge in [0, 0.05) is 19.6 Å². The Hall–Kier alpha value is -2.81. The van der Waals surface area contributed by atoms with Gasteiger partial charge in [-0.2, -0.15) is 0 Å². The maximum atomic E-state index is 4.53. The van der Waals surface area contributed by atoms with E-state index in [-0.39, 0.29) is 0 Å². The second kappa shape index (κ2) is 6.98. The number of nitrogens with zero attached hydrogens (tertiary/aromatic N) is 2. The molecule has 4 rings (SSSR count). The molecule has 0 radical (unpaired) electrons. The van der Waals surface area contributed by atoms with Gasteiger partial charge in [0.1, 0.15) is 0 Å². The van der Waals surface area contributed by atoms with Crippen LogP contribution in [0.1, 0.15) is 12.5 Å². The van der Waals surface area contributed by atoms with Crippen LogP contribution in [0.2, 0.25) is 0 Å². The molecule has 1 aliphatic rings. The zero-order valence-electron chi connectivity index (χ0n) is 14.6. The molecule has 25 heavy (non-hydrogen) atoms. The van der Waals surface area contributed by atoms with Gasteiger partial charge in [0.15, 0.2) is 5.96 Å². The fourth-order valence-electron chi connectivity index (χ4n) is 3.32. The summed E-state index contributed by atoms with van der Waals surface area (Å²) in [6, 6.07) is 23.9. The van der Waals surface area contributed by atoms with Crippen LogP contribution in [0.4, 0.5) is 0 Å². The first kappa shape index (κ1) is 15.7. The van der Waals surface area contributed by atoms with Gasteiger partial charge in [-0.3, -0.25) is 4.99 Å². The highest BCUT2D eigenvalue weighted by atomic mass is 15.3. The summed E-state index contributed by atoms with van der Waals surface area (Å²) >= 11 is 0. The second-order valence-corrected chi connectivity index (χ2v) is 6.40. The lowest BCUT2D eigenvalue weighted by Gasteiger charge is -2.18. The Bertz CT molecular complexity index is 897. The van der Waals surface area contributed by atoms with Crippen LogP contribution < -0.4 is 5.32 Å². The average molecular weight is 329 g/mol. The summed E-state index contributed by atoms with van der Waals surface area (Å²) in [5, 5.41) is 6.02. The monoisotopic (exact) mass is 329 g/mol. The number of hydrogen-bond donors (Lipinski definition) is 1. The van der Waals surface area contributed by atoms with Crippen molar-refractivity contribution in [3.8, 4) is 11.1 Å². The summed E-state index contributed by atoms with van der Waals surface area (Å²) in [5.41, 5.74) is 3.79. The first-order valence-electron chi connectivity index (χ1n) is 8.95. The predicted octanol–water partition coefficient (Wildman–Crippen LogP) is 4.29. The topological polar surface area (TPSA) is 27.6 Å². The van der Waals surface area contributed by atoms with Gasteiger partial charge in [0.05, 0.1) is 6.54 Å². The lowest BCUT2D eigenvalue weighted by molar-refractivity contribution is 0.466. The van der Waals surface area contributed by atoms with Crippen molar-refractivity contribution in [3.05, 3.63) is 72.3 Å². The maximum Gasteiger partial charge on any atom is 0.194 e. The van der Waals surface area contributed by atoms with Gasteiger partial charge < -0.3 is 10.2 Å². The average Bonchev–Trinajstić information content (AvgIpc) is 3.14. The minimum atomic E-state index is 0.813. The van der Waals surface area contributed by atoms with Gasteiger partial charge in [0.2, 0.25) is 0 Å². The highest BCUT2D eigenvalue weighted by Gasteiger charge is 2.13. The van der Waals surface area contributed by atoms with E-state index in [1.165, 1.54) is 27.5 Å². The van der Waals surface area contributed by atoms with Crippen molar-refractivity contribution >= 4 is 16.7 Å². The van der Waals surface area contributed by atoms with Crippen LogP contribution in [-0.2, 0) is 6.54 Å². The van der Waals surface area contributed by atoms with Crippen molar-refractivity contribution in [2.45, 2.75) is 13.5 Å². The fraction of sp³-hybridized carbons (Fsp3) is 0.227. The molecule has 0 aromatic heterocycles. The van der Waals surface area contributed by atoms with Crippen molar-refractivity contribution in [1.29, 1.82) is 0 Å². The fourth-order valence-corrected chi connectivity index (χ4v) is 3.32. The van der Waals surface area contributed by atoms with E-state index in [1.807, 2.05) is 0 Å². The number of hydrogen-bond acceptors (Lipinski definition) is 3. The molecule has 0 fully saturated rings. The normalized spacial score (nSPS) is 14.0. The molecular formula is C22H23N3. The number of benzene rings is 3. The van der Waals surface area contributed by atoms with Gasteiger partial charge in [-0.1, -0.05) is 60.7 Å². The van der Waals surface area contributed by atoms with E-state index in [0.29, 0.717) is 0 Å². The maximum absolute atomic E-state index is 4.53. The first-order valence-corrected chi connectivity index (χ1v) is 8.95. The van der Waals surface area contributed by atoms with Crippen LogP contribution in [-0.4, -0.2) is 30.5 Å². The quantitative estimate of drug-likeness (QED) is 0.773. The highest BCUT2D eigenvalue weighted by Crippen LogP contribution is 2.24. The molecule has 126 valence electrons. The minimum absolute atomic E-state index is 0.813. The van der Waals surface area contributed by atoms with Gasteiger partial charge in [-0.15, -0.1) is 0 Å². The Balaban J connectivity index is 1.47. The molecule has 1 heterocycles. The molecule has 3 aromatic rings. The molecule has 0 unspecified atom stereocenters. The Morgan fingerprint density at radius 3 is 2.48 bits per heavy atom. The van der Waals surface area contributed by atoms with Crippen LogP contribution >= 0.6 is 0 Å². The zero-order chi connectivity index (χ0) is 17.1. The molecule has 3 heteroatoms. The molecule has 1 N–H and O–H groups in total.